The number of carboxylic acid groups (broad SMARTS) is 1. The molecule has 0 saturated carbocycles. The zero-order chi connectivity index (χ0) is 14.9. The van der Waals surface area contributed by atoms with Crippen LogP contribution < -0.4 is 0 Å². The summed E-state index contributed by atoms with van der Waals surface area (Å²) in [5.41, 5.74) is 0.0639. The van der Waals surface area contributed by atoms with Gasteiger partial charge in [-0.15, -0.1) is 0 Å². The van der Waals surface area contributed by atoms with Crippen molar-refractivity contribution in [2.45, 2.75) is 33.1 Å². The molecule has 2 aromatic rings. The molecule has 2 aromatic carbocycles. The Bertz CT molecular complexity index is 613. The highest BCUT2D eigenvalue weighted by Gasteiger charge is 2.46. The Labute approximate surface area is 120 Å². The Hall–Kier alpha value is -1.83. The zero-order valence-electron chi connectivity index (χ0n) is 12.6. The van der Waals surface area contributed by atoms with E-state index in [9.17, 15) is 9.90 Å². The number of hydrogen-bond donors (Lipinski definition) is 1. The summed E-state index contributed by atoms with van der Waals surface area (Å²) in [6.45, 7) is 7.98. The summed E-state index contributed by atoms with van der Waals surface area (Å²) >= 11 is 0. The highest BCUT2D eigenvalue weighted by molar-refractivity contribution is 5.93. The molecule has 0 aliphatic rings. The third kappa shape index (κ3) is 2.00. The van der Waals surface area contributed by atoms with Gasteiger partial charge < -0.3 is 5.11 Å². The molecule has 0 amide bonds. The molecule has 0 aliphatic carbocycles. The van der Waals surface area contributed by atoms with Crippen molar-refractivity contribution in [3.05, 3.63) is 48.0 Å². The van der Waals surface area contributed by atoms with E-state index in [1.807, 2.05) is 70.2 Å². The van der Waals surface area contributed by atoms with Gasteiger partial charge in [0.1, 0.15) is 0 Å². The van der Waals surface area contributed by atoms with Gasteiger partial charge in [-0.1, -0.05) is 70.2 Å². The SMILES string of the molecule is CC(C)C(C(=O)O)(c1cccc2ccccc12)C(C)C. The van der Waals surface area contributed by atoms with E-state index in [0.29, 0.717) is 0 Å². The van der Waals surface area contributed by atoms with Crippen molar-refractivity contribution in [2.24, 2.45) is 11.8 Å². The average Bonchev–Trinajstić information content (AvgIpc) is 2.38. The van der Waals surface area contributed by atoms with Crippen LogP contribution in [0.15, 0.2) is 42.5 Å². The predicted octanol–water partition coefficient (Wildman–Crippen LogP) is 4.47. The van der Waals surface area contributed by atoms with Crippen LogP contribution in [0.1, 0.15) is 33.3 Å². The van der Waals surface area contributed by atoms with Crippen LogP contribution in [0, 0.1) is 11.8 Å². The highest BCUT2D eigenvalue weighted by atomic mass is 16.4. The van der Waals surface area contributed by atoms with Crippen molar-refractivity contribution in [1.82, 2.24) is 0 Å². The van der Waals surface area contributed by atoms with Gasteiger partial charge in [0.05, 0.1) is 5.41 Å². The van der Waals surface area contributed by atoms with E-state index in [1.54, 1.807) is 0 Å². The lowest BCUT2D eigenvalue weighted by molar-refractivity contribution is -0.148. The van der Waals surface area contributed by atoms with Crippen LogP contribution in [0.4, 0.5) is 0 Å². The molecule has 0 aliphatic heterocycles. The quantitative estimate of drug-likeness (QED) is 0.889. The molecule has 1 N–H and O–H groups in total. The summed E-state index contributed by atoms with van der Waals surface area (Å²) in [6.07, 6.45) is 0. The molecule has 0 atom stereocenters. The lowest BCUT2D eigenvalue weighted by atomic mass is 9.63. The maximum atomic E-state index is 12.1. The Morgan fingerprint density at radius 3 is 2.05 bits per heavy atom. The molecule has 0 radical (unpaired) electrons. The molecular formula is C18H22O2. The largest absolute Gasteiger partial charge is 0.481 e. The first kappa shape index (κ1) is 14.6. The monoisotopic (exact) mass is 270 g/mol. The van der Waals surface area contributed by atoms with E-state index in [2.05, 4.69) is 0 Å². The second kappa shape index (κ2) is 5.28. The molecule has 0 bridgehead atoms. The first-order chi connectivity index (χ1) is 9.42. The summed E-state index contributed by atoms with van der Waals surface area (Å²) in [6, 6.07) is 14.0. The number of fused-ring (bicyclic) bond motifs is 1. The Balaban J connectivity index is 2.85. The number of aliphatic carboxylic acids is 1. The van der Waals surface area contributed by atoms with Gasteiger partial charge in [-0.05, 0) is 28.2 Å². The average molecular weight is 270 g/mol. The van der Waals surface area contributed by atoms with Gasteiger partial charge in [-0.2, -0.15) is 0 Å². The van der Waals surface area contributed by atoms with Crippen molar-refractivity contribution < 1.29 is 9.90 Å². The molecule has 0 unspecified atom stereocenters. The summed E-state index contributed by atoms with van der Waals surface area (Å²) in [5, 5.41) is 12.1. The maximum absolute atomic E-state index is 12.1. The van der Waals surface area contributed by atoms with Gasteiger partial charge in [0.25, 0.3) is 0 Å². The summed E-state index contributed by atoms with van der Waals surface area (Å²) in [7, 11) is 0. The molecular weight excluding hydrogens is 248 g/mol. The minimum Gasteiger partial charge on any atom is -0.481 e. The minimum atomic E-state index is -0.860. The lowest BCUT2D eigenvalue weighted by Gasteiger charge is -2.38. The van der Waals surface area contributed by atoms with Crippen LogP contribution in [0.2, 0.25) is 0 Å². The molecule has 2 rings (SSSR count). The number of carbonyl (C=O) groups is 1. The van der Waals surface area contributed by atoms with E-state index >= 15 is 0 Å². The van der Waals surface area contributed by atoms with Crippen LogP contribution in [0.3, 0.4) is 0 Å². The number of rotatable bonds is 4. The topological polar surface area (TPSA) is 37.3 Å². The fourth-order valence-corrected chi connectivity index (χ4v) is 3.48. The molecule has 0 saturated heterocycles. The van der Waals surface area contributed by atoms with E-state index in [0.717, 1.165) is 16.3 Å². The fourth-order valence-electron chi connectivity index (χ4n) is 3.48. The van der Waals surface area contributed by atoms with Crippen molar-refractivity contribution >= 4 is 16.7 Å². The Morgan fingerprint density at radius 2 is 1.50 bits per heavy atom. The van der Waals surface area contributed by atoms with Crippen LogP contribution in [-0.2, 0) is 10.2 Å². The van der Waals surface area contributed by atoms with E-state index in [4.69, 9.17) is 0 Å². The molecule has 0 aromatic heterocycles. The van der Waals surface area contributed by atoms with Crippen LogP contribution >= 0.6 is 0 Å². The van der Waals surface area contributed by atoms with Gasteiger partial charge in [0, 0.05) is 0 Å². The van der Waals surface area contributed by atoms with Crippen molar-refractivity contribution in [2.75, 3.05) is 0 Å². The zero-order valence-corrected chi connectivity index (χ0v) is 12.6. The first-order valence-electron chi connectivity index (χ1n) is 7.14. The van der Waals surface area contributed by atoms with Crippen molar-refractivity contribution in [3.8, 4) is 0 Å². The molecule has 2 nitrogen and oxygen atoms in total. The normalized spacial score (nSPS) is 12.3. The minimum absolute atomic E-state index is 0.0193. The number of carboxylic acids is 1. The van der Waals surface area contributed by atoms with Gasteiger partial charge in [-0.3, -0.25) is 4.79 Å². The maximum Gasteiger partial charge on any atom is 0.314 e. The number of hydrogen-bond acceptors (Lipinski definition) is 1. The van der Waals surface area contributed by atoms with Gasteiger partial charge in [0.2, 0.25) is 0 Å². The van der Waals surface area contributed by atoms with Crippen LogP contribution in [-0.4, -0.2) is 11.1 Å². The molecule has 0 heterocycles. The molecule has 20 heavy (non-hydrogen) atoms. The van der Waals surface area contributed by atoms with Gasteiger partial charge in [-0.25, -0.2) is 0 Å². The fraction of sp³-hybridized carbons (Fsp3) is 0.389. The van der Waals surface area contributed by atoms with Crippen molar-refractivity contribution in [3.63, 3.8) is 0 Å². The predicted molar refractivity (Wildman–Crippen MR) is 82.9 cm³/mol. The molecule has 0 fully saturated rings. The standard InChI is InChI=1S/C18H22O2/c1-12(2)18(13(3)4,17(19)20)16-11-7-9-14-8-5-6-10-15(14)16/h5-13H,1-4H3,(H,19,20). The molecule has 0 spiro atoms. The Kier molecular flexibility index (Phi) is 3.85. The van der Waals surface area contributed by atoms with Gasteiger partial charge in [0.15, 0.2) is 0 Å². The lowest BCUT2D eigenvalue weighted by Crippen LogP contribution is -2.45. The highest BCUT2D eigenvalue weighted by Crippen LogP contribution is 2.42. The smallest absolute Gasteiger partial charge is 0.314 e. The second-order valence-corrected chi connectivity index (χ2v) is 6.01. The summed E-state index contributed by atoms with van der Waals surface area (Å²) < 4.78 is 0. The third-order valence-corrected chi connectivity index (χ3v) is 4.41. The van der Waals surface area contributed by atoms with E-state index in [-0.39, 0.29) is 11.8 Å². The summed E-state index contributed by atoms with van der Waals surface area (Å²) in [4.78, 5) is 12.1. The second-order valence-electron chi connectivity index (χ2n) is 6.01. The summed E-state index contributed by atoms with van der Waals surface area (Å²) in [5.74, 6) is -0.699. The van der Waals surface area contributed by atoms with Crippen LogP contribution in [0.25, 0.3) is 10.8 Å². The molecule has 2 heteroatoms. The number of benzene rings is 2. The Morgan fingerprint density at radius 1 is 0.950 bits per heavy atom. The van der Waals surface area contributed by atoms with Crippen LogP contribution in [0.5, 0.6) is 0 Å². The van der Waals surface area contributed by atoms with E-state index in [1.165, 1.54) is 0 Å². The third-order valence-electron chi connectivity index (χ3n) is 4.41. The van der Waals surface area contributed by atoms with E-state index < -0.39 is 11.4 Å². The first-order valence-corrected chi connectivity index (χ1v) is 7.14. The molecule has 106 valence electrons. The van der Waals surface area contributed by atoms with Crippen molar-refractivity contribution in [1.29, 1.82) is 0 Å². The van der Waals surface area contributed by atoms with Gasteiger partial charge >= 0.3 is 5.97 Å².